The molecule has 228 valence electrons. The van der Waals surface area contributed by atoms with Crippen molar-refractivity contribution in [2.24, 2.45) is 23.7 Å². The smallest absolute Gasteiger partial charge is 0.164 e. The molecule has 5 aromatic carbocycles. The van der Waals surface area contributed by atoms with Gasteiger partial charge in [-0.2, -0.15) is 0 Å². The van der Waals surface area contributed by atoms with Gasteiger partial charge in [-0.05, 0) is 108 Å². The van der Waals surface area contributed by atoms with E-state index in [1.807, 2.05) is 18.2 Å². The van der Waals surface area contributed by atoms with Crippen molar-refractivity contribution in [2.45, 2.75) is 44.4 Å². The number of hydrogen-bond acceptors (Lipinski definition) is 3. The van der Waals surface area contributed by atoms with Crippen molar-refractivity contribution >= 4 is 0 Å². The van der Waals surface area contributed by atoms with E-state index in [4.69, 9.17) is 15.0 Å². The van der Waals surface area contributed by atoms with Crippen LogP contribution >= 0.6 is 0 Å². The molecule has 47 heavy (non-hydrogen) atoms. The molecule has 1 spiro atoms. The maximum Gasteiger partial charge on any atom is 0.164 e. The Bertz CT molecular complexity index is 2140. The Morgan fingerprint density at radius 2 is 1.02 bits per heavy atom. The van der Waals surface area contributed by atoms with Crippen LogP contribution in [0.1, 0.15) is 48.8 Å². The molecule has 6 aromatic rings. The predicted octanol–water partition coefficient (Wildman–Crippen LogP) is 10.6. The molecule has 5 aliphatic rings. The van der Waals surface area contributed by atoms with E-state index < -0.39 is 0 Å². The molecule has 3 nitrogen and oxygen atoms in total. The van der Waals surface area contributed by atoms with E-state index >= 15 is 0 Å². The largest absolute Gasteiger partial charge is 0.208 e. The monoisotopic (exact) mass is 607 g/mol. The molecule has 0 aliphatic heterocycles. The first-order valence-corrected chi connectivity index (χ1v) is 17.4. The van der Waals surface area contributed by atoms with Crippen LogP contribution in [0.5, 0.6) is 0 Å². The van der Waals surface area contributed by atoms with Crippen LogP contribution in [0.4, 0.5) is 0 Å². The van der Waals surface area contributed by atoms with Crippen LogP contribution in [0.2, 0.25) is 0 Å². The van der Waals surface area contributed by atoms with Crippen LogP contribution in [0.25, 0.3) is 56.4 Å². The van der Waals surface area contributed by atoms with E-state index in [0.29, 0.717) is 11.6 Å². The lowest BCUT2D eigenvalue weighted by molar-refractivity contribution is -0.0399. The zero-order valence-corrected chi connectivity index (χ0v) is 26.7. The highest BCUT2D eigenvalue weighted by Gasteiger charge is 2.61. The molecule has 1 heterocycles. The van der Waals surface area contributed by atoms with Gasteiger partial charge in [-0.3, -0.25) is 0 Å². The average molecular weight is 608 g/mol. The number of fused-ring (bicyclic) bond motifs is 3. The van der Waals surface area contributed by atoms with E-state index in [2.05, 4.69) is 110 Å². The second-order valence-electron chi connectivity index (χ2n) is 14.6. The number of hydrogen-bond donors (Lipinski definition) is 0. The van der Waals surface area contributed by atoms with Crippen molar-refractivity contribution < 1.29 is 0 Å². The lowest BCUT2D eigenvalue weighted by Gasteiger charge is -2.61. The Kier molecular flexibility index (Phi) is 5.97. The number of nitrogens with zero attached hydrogens (tertiary/aromatic N) is 3. The fraction of sp³-hybridized carbons (Fsp3) is 0.250. The maximum atomic E-state index is 5.18. The van der Waals surface area contributed by atoms with E-state index in [9.17, 15) is 0 Å². The topological polar surface area (TPSA) is 38.7 Å². The van der Waals surface area contributed by atoms with Gasteiger partial charge in [0.25, 0.3) is 0 Å². The van der Waals surface area contributed by atoms with Crippen LogP contribution in [-0.2, 0) is 5.41 Å². The molecule has 0 unspecified atom stereocenters. The first-order chi connectivity index (χ1) is 23.1. The van der Waals surface area contributed by atoms with Crippen LogP contribution < -0.4 is 0 Å². The minimum absolute atomic E-state index is 0.153. The predicted molar refractivity (Wildman–Crippen MR) is 190 cm³/mol. The highest BCUT2D eigenvalue weighted by Crippen LogP contribution is 2.69. The van der Waals surface area contributed by atoms with Crippen molar-refractivity contribution in [1.29, 1.82) is 0 Å². The van der Waals surface area contributed by atoms with Crippen LogP contribution in [-0.4, -0.2) is 15.0 Å². The molecular weight excluding hydrogens is 571 g/mol. The SMILES string of the molecule is Cc1ccc2c(c1)C1(c3ccc(-c4nc(-c5ccccc5)nc(-c5cccc(-c6ccccc6)c5)n4)cc3-2)C2CC3CC(C2)CC1C3. The summed E-state index contributed by atoms with van der Waals surface area (Å²) in [5, 5.41) is 0. The summed E-state index contributed by atoms with van der Waals surface area (Å²) in [4.78, 5) is 15.4. The van der Waals surface area contributed by atoms with Crippen molar-refractivity contribution in [3.8, 4) is 56.4 Å². The van der Waals surface area contributed by atoms with Gasteiger partial charge in [0.05, 0.1) is 0 Å². The van der Waals surface area contributed by atoms with Gasteiger partial charge in [-0.15, -0.1) is 0 Å². The number of benzene rings is 5. The molecule has 0 radical (unpaired) electrons. The van der Waals surface area contributed by atoms with Gasteiger partial charge in [0, 0.05) is 22.1 Å². The molecule has 4 bridgehead atoms. The summed E-state index contributed by atoms with van der Waals surface area (Å²) in [7, 11) is 0. The average Bonchev–Trinajstić information content (AvgIpc) is 3.40. The van der Waals surface area contributed by atoms with Gasteiger partial charge < -0.3 is 0 Å². The second kappa shape index (κ2) is 10.3. The van der Waals surface area contributed by atoms with Crippen molar-refractivity contribution in [3.05, 3.63) is 138 Å². The quantitative estimate of drug-likeness (QED) is 0.200. The zero-order valence-electron chi connectivity index (χ0n) is 26.7. The maximum absolute atomic E-state index is 5.18. The number of aromatic nitrogens is 3. The molecular formula is C44H37N3. The first-order valence-electron chi connectivity index (χ1n) is 17.4. The molecule has 4 fully saturated rings. The molecule has 0 atom stereocenters. The summed E-state index contributed by atoms with van der Waals surface area (Å²) < 4.78 is 0. The lowest BCUT2D eigenvalue weighted by Crippen LogP contribution is -2.55. The Balaban J connectivity index is 1.14. The molecule has 11 rings (SSSR count). The molecule has 0 N–H and O–H groups in total. The summed E-state index contributed by atoms with van der Waals surface area (Å²) >= 11 is 0. The summed E-state index contributed by atoms with van der Waals surface area (Å²) in [6.45, 7) is 2.27. The Labute approximate surface area is 276 Å². The second-order valence-corrected chi connectivity index (χ2v) is 14.6. The fourth-order valence-corrected chi connectivity index (χ4v) is 10.3. The van der Waals surface area contributed by atoms with Crippen molar-refractivity contribution in [2.75, 3.05) is 0 Å². The summed E-state index contributed by atoms with van der Waals surface area (Å²) in [6, 6.07) is 43.8. The fourth-order valence-electron chi connectivity index (χ4n) is 10.3. The first kappa shape index (κ1) is 27.2. The molecule has 0 amide bonds. The normalized spacial score (nSPS) is 24.8. The van der Waals surface area contributed by atoms with E-state index in [0.717, 1.165) is 51.7 Å². The number of aryl methyl sites for hydroxylation is 1. The summed E-state index contributed by atoms with van der Waals surface area (Å²) in [6.07, 6.45) is 7.03. The highest BCUT2D eigenvalue weighted by atomic mass is 15.0. The summed E-state index contributed by atoms with van der Waals surface area (Å²) in [5.41, 5.74) is 12.9. The third kappa shape index (κ3) is 4.15. The third-order valence-corrected chi connectivity index (χ3v) is 12.0. The number of rotatable bonds is 4. The molecule has 4 saturated carbocycles. The Hall–Kier alpha value is -4.89. The highest BCUT2D eigenvalue weighted by molar-refractivity contribution is 5.85. The van der Waals surface area contributed by atoms with Gasteiger partial charge in [0.1, 0.15) is 0 Å². The molecule has 0 saturated heterocycles. The van der Waals surface area contributed by atoms with E-state index in [1.54, 1.807) is 11.1 Å². The minimum atomic E-state index is 0.153. The summed E-state index contributed by atoms with van der Waals surface area (Å²) in [5.74, 6) is 5.47. The van der Waals surface area contributed by atoms with Gasteiger partial charge in [-0.1, -0.05) is 115 Å². The van der Waals surface area contributed by atoms with Crippen LogP contribution in [0, 0.1) is 30.6 Å². The Morgan fingerprint density at radius 1 is 0.447 bits per heavy atom. The minimum Gasteiger partial charge on any atom is -0.208 e. The Morgan fingerprint density at radius 3 is 1.70 bits per heavy atom. The van der Waals surface area contributed by atoms with Gasteiger partial charge in [0.2, 0.25) is 0 Å². The standard InChI is InChI=1S/C44H37N3/c1-27-15-17-37-38-26-34(16-18-39(38)44(40(37)19-27)35-21-28-20-29(23-35)24-36(44)22-28)43-46-41(31-11-6-3-7-12-31)45-42(47-43)33-14-8-13-32(25-33)30-9-4-2-5-10-30/h2-19,25-26,28-29,35-36H,20-24H2,1H3. The molecule has 1 aromatic heterocycles. The lowest BCUT2D eigenvalue weighted by atomic mass is 9.43. The van der Waals surface area contributed by atoms with E-state index in [1.165, 1.54) is 54.4 Å². The van der Waals surface area contributed by atoms with Crippen LogP contribution in [0.3, 0.4) is 0 Å². The zero-order chi connectivity index (χ0) is 31.1. The molecule has 3 heteroatoms. The van der Waals surface area contributed by atoms with E-state index in [-0.39, 0.29) is 5.41 Å². The van der Waals surface area contributed by atoms with Gasteiger partial charge in [-0.25, -0.2) is 15.0 Å². The van der Waals surface area contributed by atoms with Crippen LogP contribution in [0.15, 0.2) is 121 Å². The van der Waals surface area contributed by atoms with Gasteiger partial charge in [0.15, 0.2) is 17.5 Å². The van der Waals surface area contributed by atoms with Crippen molar-refractivity contribution in [1.82, 2.24) is 15.0 Å². The third-order valence-electron chi connectivity index (χ3n) is 12.0. The molecule has 5 aliphatic carbocycles. The van der Waals surface area contributed by atoms with Gasteiger partial charge >= 0.3 is 0 Å². The van der Waals surface area contributed by atoms with Crippen molar-refractivity contribution in [3.63, 3.8) is 0 Å².